The topological polar surface area (TPSA) is 70.0 Å². The number of aryl methyl sites for hydroxylation is 1. The van der Waals surface area contributed by atoms with Gasteiger partial charge in [-0.2, -0.15) is 5.26 Å². The lowest BCUT2D eigenvalue weighted by molar-refractivity contribution is 0.601. The molecule has 108 valence electrons. The van der Waals surface area contributed by atoms with Gasteiger partial charge in [0.05, 0.1) is 27.4 Å². The minimum Gasteiger partial charge on any atom is -0.278 e. The lowest BCUT2D eigenvalue weighted by atomic mass is 10.2. The summed E-state index contributed by atoms with van der Waals surface area (Å²) in [5, 5.41) is 9.05. The average molecular weight is 341 g/mol. The predicted molar refractivity (Wildman–Crippen MR) is 83.2 cm³/mol. The van der Waals surface area contributed by atoms with Crippen molar-refractivity contribution in [2.24, 2.45) is 0 Å². The molecule has 7 heteroatoms. The quantitative estimate of drug-likeness (QED) is 0.918. The first-order valence-corrected chi connectivity index (χ1v) is 8.06. The van der Waals surface area contributed by atoms with Crippen LogP contribution in [0.2, 0.25) is 10.0 Å². The second kappa shape index (κ2) is 5.94. The van der Waals surface area contributed by atoms with Crippen molar-refractivity contribution in [3.8, 4) is 6.07 Å². The highest BCUT2D eigenvalue weighted by atomic mass is 35.5. The van der Waals surface area contributed by atoms with E-state index in [4.69, 9.17) is 28.5 Å². The summed E-state index contributed by atoms with van der Waals surface area (Å²) in [5.74, 6) is 0. The summed E-state index contributed by atoms with van der Waals surface area (Å²) < 4.78 is 27.2. The van der Waals surface area contributed by atoms with Crippen LogP contribution >= 0.6 is 23.2 Å². The van der Waals surface area contributed by atoms with Crippen LogP contribution in [0, 0.1) is 18.3 Å². The largest absolute Gasteiger partial charge is 0.278 e. The number of rotatable bonds is 3. The third-order valence-corrected chi connectivity index (χ3v) is 4.96. The van der Waals surface area contributed by atoms with Crippen molar-refractivity contribution >= 4 is 38.9 Å². The van der Waals surface area contributed by atoms with Crippen molar-refractivity contribution in [1.29, 1.82) is 5.26 Å². The van der Waals surface area contributed by atoms with E-state index in [9.17, 15) is 8.42 Å². The molecule has 2 aromatic rings. The Labute approximate surface area is 133 Å². The molecule has 0 unspecified atom stereocenters. The van der Waals surface area contributed by atoms with Crippen molar-refractivity contribution in [3.63, 3.8) is 0 Å². The fraction of sp³-hybridized carbons (Fsp3) is 0.0714. The van der Waals surface area contributed by atoms with Gasteiger partial charge in [-0.15, -0.1) is 0 Å². The fourth-order valence-corrected chi connectivity index (χ4v) is 3.76. The van der Waals surface area contributed by atoms with Gasteiger partial charge >= 0.3 is 0 Å². The van der Waals surface area contributed by atoms with Crippen LogP contribution in [0.25, 0.3) is 0 Å². The highest BCUT2D eigenvalue weighted by Crippen LogP contribution is 2.30. The molecule has 0 saturated carbocycles. The van der Waals surface area contributed by atoms with Gasteiger partial charge in [0.2, 0.25) is 0 Å². The van der Waals surface area contributed by atoms with Crippen LogP contribution in [0.4, 0.5) is 5.69 Å². The Morgan fingerprint density at radius 2 is 1.86 bits per heavy atom. The molecule has 0 aromatic heterocycles. The van der Waals surface area contributed by atoms with E-state index in [1.165, 1.54) is 18.2 Å². The molecule has 0 amide bonds. The highest BCUT2D eigenvalue weighted by Gasteiger charge is 2.20. The van der Waals surface area contributed by atoms with E-state index in [-0.39, 0.29) is 15.5 Å². The maximum atomic E-state index is 12.4. The van der Waals surface area contributed by atoms with Crippen LogP contribution in [0.1, 0.15) is 11.1 Å². The summed E-state index contributed by atoms with van der Waals surface area (Å²) in [7, 11) is -3.89. The zero-order valence-corrected chi connectivity index (χ0v) is 13.2. The number of nitrogens with one attached hydrogen (secondary N) is 1. The first kappa shape index (κ1) is 15.6. The molecule has 0 spiro atoms. The van der Waals surface area contributed by atoms with Crippen LogP contribution in [0.15, 0.2) is 41.3 Å². The fourth-order valence-electron chi connectivity index (χ4n) is 1.74. The molecule has 0 atom stereocenters. The van der Waals surface area contributed by atoms with Crippen LogP contribution in [-0.4, -0.2) is 8.42 Å². The van der Waals surface area contributed by atoms with E-state index in [1.807, 2.05) is 6.07 Å². The van der Waals surface area contributed by atoms with Crippen molar-refractivity contribution in [1.82, 2.24) is 0 Å². The maximum absolute atomic E-state index is 12.4. The molecule has 0 aliphatic heterocycles. The summed E-state index contributed by atoms with van der Waals surface area (Å²) in [5.41, 5.74) is 1.28. The van der Waals surface area contributed by atoms with Crippen molar-refractivity contribution in [3.05, 3.63) is 57.6 Å². The SMILES string of the molecule is Cc1cccc(Cl)c1NS(=O)(=O)c1ccc(C#N)cc1Cl. The van der Waals surface area contributed by atoms with E-state index in [0.29, 0.717) is 16.3 Å². The van der Waals surface area contributed by atoms with Crippen molar-refractivity contribution in [2.45, 2.75) is 11.8 Å². The Morgan fingerprint density at radius 1 is 1.14 bits per heavy atom. The molecule has 0 bridgehead atoms. The van der Waals surface area contributed by atoms with E-state index in [0.717, 1.165) is 0 Å². The zero-order chi connectivity index (χ0) is 15.6. The Morgan fingerprint density at radius 3 is 2.43 bits per heavy atom. The van der Waals surface area contributed by atoms with Gasteiger partial charge < -0.3 is 0 Å². The maximum Gasteiger partial charge on any atom is 0.263 e. The number of halogens is 2. The number of para-hydroxylation sites is 1. The molecular formula is C14H10Cl2N2O2S. The molecule has 0 aliphatic carbocycles. The molecular weight excluding hydrogens is 331 g/mol. The van der Waals surface area contributed by atoms with Gasteiger partial charge in [-0.1, -0.05) is 35.3 Å². The zero-order valence-electron chi connectivity index (χ0n) is 10.9. The van der Waals surface area contributed by atoms with E-state index in [2.05, 4.69) is 4.72 Å². The molecule has 2 aromatic carbocycles. The Kier molecular flexibility index (Phi) is 4.43. The Balaban J connectivity index is 2.47. The normalized spacial score (nSPS) is 11.0. The van der Waals surface area contributed by atoms with E-state index >= 15 is 0 Å². The van der Waals surface area contributed by atoms with Crippen LogP contribution in [0.5, 0.6) is 0 Å². The summed E-state index contributed by atoms with van der Waals surface area (Å²) in [6, 6.07) is 10.9. The number of hydrogen-bond donors (Lipinski definition) is 1. The number of hydrogen-bond acceptors (Lipinski definition) is 3. The molecule has 0 aliphatic rings. The first-order chi connectivity index (χ1) is 9.85. The smallest absolute Gasteiger partial charge is 0.263 e. The second-order valence-corrected chi connectivity index (χ2v) is 6.76. The lowest BCUT2D eigenvalue weighted by Crippen LogP contribution is -2.14. The average Bonchev–Trinajstić information content (AvgIpc) is 2.42. The Hall–Kier alpha value is -1.74. The van der Waals surface area contributed by atoms with Gasteiger partial charge in [-0.25, -0.2) is 8.42 Å². The van der Waals surface area contributed by atoms with Gasteiger partial charge in [-0.05, 0) is 36.8 Å². The molecule has 21 heavy (non-hydrogen) atoms. The number of anilines is 1. The van der Waals surface area contributed by atoms with Crippen LogP contribution in [-0.2, 0) is 10.0 Å². The first-order valence-electron chi connectivity index (χ1n) is 5.83. The van der Waals surface area contributed by atoms with Crippen molar-refractivity contribution in [2.75, 3.05) is 4.72 Å². The van der Waals surface area contributed by atoms with Gasteiger partial charge in [0.15, 0.2) is 0 Å². The summed E-state index contributed by atoms with van der Waals surface area (Å²) >= 11 is 11.9. The Bertz CT molecular complexity index is 822. The van der Waals surface area contributed by atoms with E-state index in [1.54, 1.807) is 25.1 Å². The number of benzene rings is 2. The molecule has 1 N–H and O–H groups in total. The van der Waals surface area contributed by atoms with Crippen LogP contribution in [0.3, 0.4) is 0 Å². The molecule has 4 nitrogen and oxygen atoms in total. The van der Waals surface area contributed by atoms with Gasteiger partial charge in [0, 0.05) is 0 Å². The third kappa shape index (κ3) is 3.30. The van der Waals surface area contributed by atoms with Gasteiger partial charge in [0.1, 0.15) is 4.90 Å². The lowest BCUT2D eigenvalue weighted by Gasteiger charge is -2.13. The molecule has 0 radical (unpaired) electrons. The molecule has 0 saturated heterocycles. The second-order valence-electron chi connectivity index (χ2n) is 4.29. The predicted octanol–water partition coefficient (Wildman–Crippen LogP) is 3.97. The van der Waals surface area contributed by atoms with Crippen LogP contribution < -0.4 is 4.72 Å². The molecule has 2 rings (SSSR count). The number of sulfonamides is 1. The van der Waals surface area contributed by atoms with Gasteiger partial charge in [-0.3, -0.25) is 4.72 Å². The minimum absolute atomic E-state index is 0.0220. The molecule has 0 fully saturated rings. The summed E-state index contributed by atoms with van der Waals surface area (Å²) in [6.45, 7) is 1.74. The minimum atomic E-state index is -3.89. The van der Waals surface area contributed by atoms with Crippen molar-refractivity contribution < 1.29 is 8.42 Å². The summed E-state index contributed by atoms with van der Waals surface area (Å²) in [4.78, 5) is -0.109. The summed E-state index contributed by atoms with van der Waals surface area (Å²) in [6.07, 6.45) is 0. The van der Waals surface area contributed by atoms with Gasteiger partial charge in [0.25, 0.3) is 10.0 Å². The number of nitrogens with zero attached hydrogens (tertiary/aromatic N) is 1. The molecule has 0 heterocycles. The third-order valence-electron chi connectivity index (χ3n) is 2.81. The highest BCUT2D eigenvalue weighted by molar-refractivity contribution is 7.92. The standard InChI is InChI=1S/C14H10Cl2N2O2S/c1-9-3-2-4-11(15)14(9)18-21(19,20)13-6-5-10(8-17)7-12(13)16/h2-7,18H,1H3. The number of nitriles is 1. The monoisotopic (exact) mass is 340 g/mol. The van der Waals surface area contributed by atoms with E-state index < -0.39 is 10.0 Å².